The molecule has 0 unspecified atom stereocenters. The SMILES string of the molecule is Cc1ccc2c(c1)Sc1cc(C(=O)[NH+]=O)ccc1N2. The highest BCUT2D eigenvalue weighted by Gasteiger charge is 2.19. The fraction of sp³-hybridized carbons (Fsp3) is 0.0714. The van der Waals surface area contributed by atoms with Gasteiger partial charge in [-0.2, -0.15) is 0 Å². The molecule has 1 aliphatic heterocycles. The van der Waals surface area contributed by atoms with Crippen LogP contribution < -0.4 is 10.5 Å². The summed E-state index contributed by atoms with van der Waals surface area (Å²) < 4.78 is 0. The van der Waals surface area contributed by atoms with Crippen molar-refractivity contribution in [3.05, 3.63) is 52.4 Å². The zero-order valence-electron chi connectivity index (χ0n) is 10.2. The first kappa shape index (κ1) is 11.9. The summed E-state index contributed by atoms with van der Waals surface area (Å²) in [6, 6.07) is 11.4. The fourth-order valence-electron chi connectivity index (χ4n) is 1.99. The molecule has 0 spiro atoms. The molecule has 2 aromatic rings. The molecule has 0 radical (unpaired) electrons. The minimum absolute atomic E-state index is 0.374. The van der Waals surface area contributed by atoms with Gasteiger partial charge >= 0.3 is 5.91 Å². The van der Waals surface area contributed by atoms with Crippen molar-refractivity contribution >= 4 is 29.0 Å². The molecule has 0 bridgehead atoms. The van der Waals surface area contributed by atoms with Gasteiger partial charge in [-0.05, 0) is 42.8 Å². The molecule has 2 aromatic carbocycles. The second-order valence-corrected chi connectivity index (χ2v) is 5.45. The van der Waals surface area contributed by atoms with Crippen LogP contribution in [0.4, 0.5) is 11.4 Å². The third-order valence-electron chi connectivity index (χ3n) is 2.96. The van der Waals surface area contributed by atoms with Crippen molar-refractivity contribution < 1.29 is 9.97 Å². The van der Waals surface area contributed by atoms with Gasteiger partial charge in [0.25, 0.3) is 0 Å². The molecule has 1 amide bonds. The molecular formula is C14H11N2O2S+. The van der Waals surface area contributed by atoms with E-state index in [2.05, 4.69) is 17.4 Å². The maximum Gasteiger partial charge on any atom is 0.462 e. The van der Waals surface area contributed by atoms with Crippen LogP contribution in [0.25, 0.3) is 0 Å². The highest BCUT2D eigenvalue weighted by molar-refractivity contribution is 7.99. The molecule has 0 aromatic heterocycles. The predicted octanol–water partition coefficient (Wildman–Crippen LogP) is 2.19. The highest BCUT2D eigenvalue weighted by Crippen LogP contribution is 2.44. The normalized spacial score (nSPS) is 12.1. The van der Waals surface area contributed by atoms with Crippen LogP contribution in [0.5, 0.6) is 0 Å². The zero-order chi connectivity index (χ0) is 13.4. The zero-order valence-corrected chi connectivity index (χ0v) is 11.0. The number of carbonyl (C=O) groups excluding carboxylic acids is 1. The van der Waals surface area contributed by atoms with Gasteiger partial charge in [0.05, 0.1) is 22.1 Å². The summed E-state index contributed by atoms with van der Waals surface area (Å²) in [4.78, 5) is 23.8. The number of rotatable bonds is 1. The average Bonchev–Trinajstić information content (AvgIpc) is 2.43. The van der Waals surface area contributed by atoms with Crippen LogP contribution in [-0.2, 0) is 0 Å². The van der Waals surface area contributed by atoms with Gasteiger partial charge in [0.15, 0.2) is 0 Å². The van der Waals surface area contributed by atoms with Crippen LogP contribution >= 0.6 is 11.8 Å². The van der Waals surface area contributed by atoms with E-state index in [1.165, 1.54) is 10.7 Å². The number of benzene rings is 2. The number of carbonyl (C=O) groups is 1. The van der Waals surface area contributed by atoms with E-state index >= 15 is 0 Å². The Bertz CT molecular complexity index is 698. The van der Waals surface area contributed by atoms with E-state index in [-0.39, 0.29) is 0 Å². The molecule has 19 heavy (non-hydrogen) atoms. The third kappa shape index (κ3) is 2.13. The molecule has 4 nitrogen and oxygen atoms in total. The van der Waals surface area contributed by atoms with Gasteiger partial charge in [-0.15, -0.1) is 0 Å². The summed E-state index contributed by atoms with van der Waals surface area (Å²) in [5.41, 5.74) is 3.57. The average molecular weight is 271 g/mol. The number of anilines is 2. The lowest BCUT2D eigenvalue weighted by Gasteiger charge is -2.21. The lowest BCUT2D eigenvalue weighted by Crippen LogP contribution is -2.69. The van der Waals surface area contributed by atoms with Gasteiger partial charge in [-0.3, -0.25) is 0 Å². The van der Waals surface area contributed by atoms with E-state index in [1.54, 1.807) is 23.9 Å². The number of nitroso groups, excluding NO2 is 1. The second kappa shape index (κ2) is 4.51. The number of hydrogen-bond donors (Lipinski definition) is 2. The summed E-state index contributed by atoms with van der Waals surface area (Å²) in [6.07, 6.45) is 0. The molecule has 94 valence electrons. The van der Waals surface area contributed by atoms with Crippen LogP contribution in [0.3, 0.4) is 0 Å². The van der Waals surface area contributed by atoms with Crippen molar-refractivity contribution in [2.75, 3.05) is 5.32 Å². The first-order valence-electron chi connectivity index (χ1n) is 5.79. The van der Waals surface area contributed by atoms with E-state index in [0.717, 1.165) is 21.2 Å². The number of fused-ring (bicyclic) bond motifs is 2. The van der Waals surface area contributed by atoms with Crippen LogP contribution in [0.1, 0.15) is 15.9 Å². The van der Waals surface area contributed by atoms with Gasteiger partial charge in [0, 0.05) is 14.7 Å². The van der Waals surface area contributed by atoms with Crippen LogP contribution in [0.15, 0.2) is 46.2 Å². The third-order valence-corrected chi connectivity index (χ3v) is 4.08. The molecule has 0 aliphatic carbocycles. The highest BCUT2D eigenvalue weighted by atomic mass is 32.2. The van der Waals surface area contributed by atoms with Crippen LogP contribution in [-0.4, -0.2) is 5.91 Å². The summed E-state index contributed by atoms with van der Waals surface area (Å²) in [5, 5.41) is 4.72. The molecule has 0 saturated carbocycles. The van der Waals surface area contributed by atoms with Crippen molar-refractivity contribution in [1.29, 1.82) is 0 Å². The topological polar surface area (TPSA) is 60.1 Å². The van der Waals surface area contributed by atoms with Crippen LogP contribution in [0.2, 0.25) is 0 Å². The maximum atomic E-state index is 11.3. The quantitative estimate of drug-likeness (QED) is 0.712. The second-order valence-electron chi connectivity index (χ2n) is 4.37. The molecule has 1 heterocycles. The van der Waals surface area contributed by atoms with Crippen molar-refractivity contribution in [3.8, 4) is 0 Å². The Labute approximate surface area is 114 Å². The lowest BCUT2D eigenvalue weighted by atomic mass is 10.1. The largest absolute Gasteiger partial charge is 0.462 e. The summed E-state index contributed by atoms with van der Waals surface area (Å²) in [6.45, 7) is 2.04. The predicted molar refractivity (Wildman–Crippen MR) is 73.7 cm³/mol. The van der Waals surface area contributed by atoms with E-state index in [0.29, 0.717) is 5.56 Å². The molecular weight excluding hydrogens is 260 g/mol. The van der Waals surface area contributed by atoms with Crippen molar-refractivity contribution in [2.24, 2.45) is 0 Å². The minimum Gasteiger partial charge on any atom is -0.354 e. The molecule has 0 atom stereocenters. The monoisotopic (exact) mass is 271 g/mol. The van der Waals surface area contributed by atoms with Crippen molar-refractivity contribution in [1.82, 2.24) is 0 Å². The standard InChI is InChI=1S/C14H10N2O2S/c1-8-2-4-10-12(6-8)19-13-7-9(14(17)16-18)3-5-11(13)15-10/h2-7,15H,1H3/p+1. The van der Waals surface area contributed by atoms with Gasteiger partial charge in [0.2, 0.25) is 0 Å². The van der Waals surface area contributed by atoms with Crippen LogP contribution in [0, 0.1) is 11.8 Å². The van der Waals surface area contributed by atoms with E-state index in [1.807, 2.05) is 19.1 Å². The van der Waals surface area contributed by atoms with Gasteiger partial charge in [-0.25, -0.2) is 4.79 Å². The Morgan fingerprint density at radius 3 is 2.53 bits per heavy atom. The fourth-order valence-corrected chi connectivity index (χ4v) is 3.12. The Balaban J connectivity index is 2.03. The molecule has 0 fully saturated rings. The molecule has 0 saturated heterocycles. The lowest BCUT2D eigenvalue weighted by molar-refractivity contribution is -0.369. The number of aryl methyl sites for hydroxylation is 1. The molecule has 5 heteroatoms. The summed E-state index contributed by atoms with van der Waals surface area (Å²) >= 11 is 1.59. The summed E-state index contributed by atoms with van der Waals surface area (Å²) in [5.74, 6) is -0.613. The van der Waals surface area contributed by atoms with Crippen molar-refractivity contribution in [3.63, 3.8) is 0 Å². The van der Waals surface area contributed by atoms with Gasteiger partial charge < -0.3 is 5.32 Å². The first-order chi connectivity index (χ1) is 9.17. The van der Waals surface area contributed by atoms with Crippen molar-refractivity contribution in [2.45, 2.75) is 16.7 Å². The minimum atomic E-state index is -0.613. The number of nitrogens with one attached hydrogen (secondary N) is 2. The molecule has 1 aliphatic rings. The Morgan fingerprint density at radius 1 is 1.11 bits per heavy atom. The van der Waals surface area contributed by atoms with E-state index < -0.39 is 5.91 Å². The number of hydrogen-bond acceptors (Lipinski definition) is 4. The van der Waals surface area contributed by atoms with E-state index in [4.69, 9.17) is 0 Å². The van der Waals surface area contributed by atoms with Gasteiger partial charge in [-0.1, -0.05) is 17.8 Å². The number of amides is 1. The smallest absolute Gasteiger partial charge is 0.354 e. The van der Waals surface area contributed by atoms with Gasteiger partial charge in [0.1, 0.15) is 0 Å². The first-order valence-corrected chi connectivity index (χ1v) is 6.61. The van der Waals surface area contributed by atoms with E-state index in [9.17, 15) is 9.70 Å². The Hall–Kier alpha value is -2.14. The molecule has 3 rings (SSSR count). The Kier molecular flexibility index (Phi) is 2.83. The summed E-state index contributed by atoms with van der Waals surface area (Å²) in [7, 11) is 0. The Morgan fingerprint density at radius 2 is 1.79 bits per heavy atom. The molecule has 2 N–H and O–H groups in total. The maximum absolute atomic E-state index is 11.3.